The average Bonchev–Trinajstić information content (AvgIpc) is 2.87. The first-order valence-corrected chi connectivity index (χ1v) is 12.6. The molecule has 2 aromatic rings. The van der Waals surface area contributed by atoms with E-state index in [1.54, 1.807) is 0 Å². The smallest absolute Gasteiger partial charge is 0.229 e. The summed E-state index contributed by atoms with van der Waals surface area (Å²) in [5.41, 5.74) is 4.03. The van der Waals surface area contributed by atoms with Gasteiger partial charge in [-0.15, -0.1) is 0 Å². The van der Waals surface area contributed by atoms with Crippen molar-refractivity contribution < 1.29 is 23.9 Å². The van der Waals surface area contributed by atoms with E-state index in [4.69, 9.17) is 9.47 Å². The third kappa shape index (κ3) is 5.63. The van der Waals surface area contributed by atoms with E-state index in [0.717, 1.165) is 56.1 Å². The highest BCUT2D eigenvalue weighted by atomic mass is 16.5. The second kappa shape index (κ2) is 10.7. The van der Waals surface area contributed by atoms with Crippen molar-refractivity contribution in [3.63, 3.8) is 0 Å². The molecule has 0 saturated carbocycles. The van der Waals surface area contributed by atoms with Gasteiger partial charge in [-0.25, -0.2) is 0 Å². The minimum Gasteiger partial charge on any atom is -0.489 e. The van der Waals surface area contributed by atoms with Crippen LogP contribution in [-0.2, 0) is 33.9 Å². The van der Waals surface area contributed by atoms with E-state index in [9.17, 15) is 14.4 Å². The maximum Gasteiger partial charge on any atom is 0.229 e. The predicted octanol–water partition coefficient (Wildman–Crippen LogP) is 3.29. The van der Waals surface area contributed by atoms with Crippen molar-refractivity contribution in [1.82, 2.24) is 10.2 Å². The van der Waals surface area contributed by atoms with Crippen molar-refractivity contribution in [2.24, 2.45) is 11.8 Å². The van der Waals surface area contributed by atoms with Gasteiger partial charge in [0.25, 0.3) is 0 Å². The highest BCUT2D eigenvalue weighted by Gasteiger charge is 2.35. The lowest BCUT2D eigenvalue weighted by molar-refractivity contribution is -0.136. The maximum absolute atomic E-state index is 13.2. The van der Waals surface area contributed by atoms with Crippen LogP contribution in [0.4, 0.5) is 0 Å². The normalized spacial score (nSPS) is 23.0. The lowest BCUT2D eigenvalue weighted by Crippen LogP contribution is -2.42. The van der Waals surface area contributed by atoms with E-state index in [1.807, 2.05) is 18.2 Å². The van der Waals surface area contributed by atoms with Crippen LogP contribution in [0.5, 0.6) is 5.75 Å². The SMILES string of the molecule is O=C1CCC(CC2CCc3c(OCc4ccc(CN5CCOCC5)cc4)cccc3C2=O)C(=O)N1. The lowest BCUT2D eigenvalue weighted by Gasteiger charge is -2.29. The molecule has 2 amide bonds. The Morgan fingerprint density at radius 2 is 1.66 bits per heavy atom. The molecular weight excluding hydrogens is 444 g/mol. The van der Waals surface area contributed by atoms with E-state index < -0.39 is 0 Å². The Kier molecular flexibility index (Phi) is 7.25. The second-order valence-electron chi connectivity index (χ2n) is 9.76. The van der Waals surface area contributed by atoms with Crippen LogP contribution in [0.2, 0.25) is 0 Å². The van der Waals surface area contributed by atoms with Gasteiger partial charge in [-0.1, -0.05) is 36.4 Å². The summed E-state index contributed by atoms with van der Waals surface area (Å²) in [7, 11) is 0. The number of imide groups is 1. The Hall–Kier alpha value is -3.03. The number of carbonyl (C=O) groups is 3. The number of piperidine rings is 1. The minimum absolute atomic E-state index is 0.0777. The fourth-order valence-electron chi connectivity index (χ4n) is 5.31. The summed E-state index contributed by atoms with van der Waals surface area (Å²) in [6.45, 7) is 4.91. The van der Waals surface area contributed by atoms with Gasteiger partial charge in [0.2, 0.25) is 11.8 Å². The van der Waals surface area contributed by atoms with Crippen molar-refractivity contribution in [1.29, 1.82) is 0 Å². The quantitative estimate of drug-likeness (QED) is 0.618. The van der Waals surface area contributed by atoms with Crippen LogP contribution in [0, 0.1) is 11.8 Å². The summed E-state index contributed by atoms with van der Waals surface area (Å²) in [6, 6.07) is 14.2. The monoisotopic (exact) mass is 476 g/mol. The summed E-state index contributed by atoms with van der Waals surface area (Å²) in [5, 5.41) is 2.40. The molecule has 7 nitrogen and oxygen atoms in total. The number of hydrogen-bond acceptors (Lipinski definition) is 6. The van der Waals surface area contributed by atoms with Gasteiger partial charge < -0.3 is 9.47 Å². The molecule has 0 aromatic heterocycles. The van der Waals surface area contributed by atoms with Gasteiger partial charge in [-0.3, -0.25) is 24.6 Å². The van der Waals surface area contributed by atoms with Crippen molar-refractivity contribution in [2.45, 2.75) is 45.3 Å². The highest BCUT2D eigenvalue weighted by molar-refractivity contribution is 6.02. The number of nitrogens with zero attached hydrogens (tertiary/aromatic N) is 1. The molecular formula is C28H32N2O5. The zero-order valence-corrected chi connectivity index (χ0v) is 20.0. The molecule has 1 N–H and O–H groups in total. The molecule has 2 unspecified atom stereocenters. The zero-order valence-electron chi connectivity index (χ0n) is 20.0. The third-order valence-electron chi connectivity index (χ3n) is 7.36. The molecule has 35 heavy (non-hydrogen) atoms. The first-order chi connectivity index (χ1) is 17.1. The fourth-order valence-corrected chi connectivity index (χ4v) is 5.31. The summed E-state index contributed by atoms with van der Waals surface area (Å²) < 4.78 is 11.6. The van der Waals surface area contributed by atoms with Gasteiger partial charge in [-0.2, -0.15) is 0 Å². The number of hydrogen-bond donors (Lipinski definition) is 1. The highest BCUT2D eigenvalue weighted by Crippen LogP contribution is 2.36. The molecule has 2 aliphatic heterocycles. The zero-order chi connectivity index (χ0) is 24.2. The first kappa shape index (κ1) is 23.7. The van der Waals surface area contributed by atoms with Crippen LogP contribution >= 0.6 is 0 Å². The van der Waals surface area contributed by atoms with Crippen molar-refractivity contribution in [2.75, 3.05) is 26.3 Å². The maximum atomic E-state index is 13.2. The molecule has 7 heteroatoms. The molecule has 0 radical (unpaired) electrons. The van der Waals surface area contributed by atoms with Crippen LogP contribution < -0.4 is 10.1 Å². The number of morpholine rings is 1. The lowest BCUT2D eigenvalue weighted by atomic mass is 9.76. The number of amides is 2. The third-order valence-corrected chi connectivity index (χ3v) is 7.36. The molecule has 184 valence electrons. The Morgan fingerprint density at radius 1 is 0.914 bits per heavy atom. The number of nitrogens with one attached hydrogen (secondary N) is 1. The van der Waals surface area contributed by atoms with E-state index in [-0.39, 0.29) is 29.4 Å². The van der Waals surface area contributed by atoms with E-state index in [2.05, 4.69) is 34.5 Å². The molecule has 1 aliphatic carbocycles. The Balaban J connectivity index is 1.19. The van der Waals surface area contributed by atoms with Gasteiger partial charge in [0.1, 0.15) is 12.4 Å². The average molecular weight is 477 g/mol. The summed E-state index contributed by atoms with van der Waals surface area (Å²) in [6.07, 6.45) is 2.81. The standard InChI is InChI=1S/C28H32N2O5/c31-26-11-9-22(28(33)29-26)16-21-8-10-23-24(27(21)32)2-1-3-25(23)35-18-20-6-4-19(5-7-20)17-30-12-14-34-15-13-30/h1-7,21-22H,8-18H2,(H,29,31,33). The van der Waals surface area contributed by atoms with Crippen LogP contribution in [0.15, 0.2) is 42.5 Å². The Labute approximate surface area is 205 Å². The molecule has 2 heterocycles. The second-order valence-corrected chi connectivity index (χ2v) is 9.76. The number of ketones is 1. The molecule has 0 bridgehead atoms. The van der Waals surface area contributed by atoms with Crippen LogP contribution in [-0.4, -0.2) is 48.8 Å². The van der Waals surface area contributed by atoms with Crippen LogP contribution in [0.3, 0.4) is 0 Å². The number of Topliss-reactive ketones (excluding diaryl/α,β-unsaturated/α-hetero) is 1. The Bertz CT molecular complexity index is 1090. The number of benzene rings is 2. The predicted molar refractivity (Wildman–Crippen MR) is 130 cm³/mol. The number of ether oxygens (including phenoxy) is 2. The largest absolute Gasteiger partial charge is 0.489 e. The molecule has 2 fully saturated rings. The van der Waals surface area contributed by atoms with Gasteiger partial charge in [0, 0.05) is 49.0 Å². The first-order valence-electron chi connectivity index (χ1n) is 12.6. The number of carbonyl (C=O) groups excluding carboxylic acids is 3. The minimum atomic E-state index is -0.270. The van der Waals surface area contributed by atoms with Crippen LogP contribution in [0.25, 0.3) is 0 Å². The molecule has 2 aromatic carbocycles. The summed E-state index contributed by atoms with van der Waals surface area (Å²) >= 11 is 0. The van der Waals surface area contributed by atoms with Crippen LogP contribution in [0.1, 0.15) is 52.7 Å². The number of rotatable bonds is 7. The van der Waals surface area contributed by atoms with Crippen molar-refractivity contribution in [3.8, 4) is 5.75 Å². The van der Waals surface area contributed by atoms with E-state index in [1.165, 1.54) is 5.56 Å². The number of fused-ring (bicyclic) bond motifs is 1. The van der Waals surface area contributed by atoms with Gasteiger partial charge >= 0.3 is 0 Å². The van der Waals surface area contributed by atoms with E-state index >= 15 is 0 Å². The van der Waals surface area contributed by atoms with Gasteiger partial charge in [0.05, 0.1) is 13.2 Å². The van der Waals surface area contributed by atoms with Crippen molar-refractivity contribution >= 4 is 17.6 Å². The molecule has 2 atom stereocenters. The van der Waals surface area contributed by atoms with E-state index in [0.29, 0.717) is 37.9 Å². The fraction of sp³-hybridized carbons (Fsp3) is 0.464. The Morgan fingerprint density at radius 3 is 2.43 bits per heavy atom. The van der Waals surface area contributed by atoms with Gasteiger partial charge in [0.15, 0.2) is 5.78 Å². The summed E-state index contributed by atoms with van der Waals surface area (Å²) in [5.74, 6) is -0.0934. The molecule has 0 spiro atoms. The topological polar surface area (TPSA) is 84.9 Å². The molecule has 5 rings (SSSR count). The van der Waals surface area contributed by atoms with Crippen molar-refractivity contribution in [3.05, 3.63) is 64.7 Å². The molecule has 3 aliphatic rings. The summed E-state index contributed by atoms with van der Waals surface area (Å²) in [4.78, 5) is 39.2. The van der Waals surface area contributed by atoms with Gasteiger partial charge in [-0.05, 0) is 42.9 Å². The molecule has 2 saturated heterocycles.